The molecule has 158 valence electrons. The van der Waals surface area contributed by atoms with Gasteiger partial charge in [-0.2, -0.15) is 4.98 Å². The van der Waals surface area contributed by atoms with E-state index in [2.05, 4.69) is 30.0 Å². The first kappa shape index (κ1) is 19.5. The molecule has 2 heterocycles. The van der Waals surface area contributed by atoms with Crippen molar-refractivity contribution in [3.8, 4) is 22.8 Å². The number of hydrogen-bond acceptors (Lipinski definition) is 5. The van der Waals surface area contributed by atoms with Crippen molar-refractivity contribution in [3.63, 3.8) is 0 Å². The first-order chi connectivity index (χ1) is 15.6. The second-order valence-corrected chi connectivity index (χ2v) is 7.20. The lowest BCUT2D eigenvalue weighted by molar-refractivity contribution is 0.102. The molecule has 0 fully saturated rings. The lowest BCUT2D eigenvalue weighted by Gasteiger charge is -2.07. The number of carbonyl (C=O) groups is 1. The summed E-state index contributed by atoms with van der Waals surface area (Å²) in [6.07, 6.45) is 0. The van der Waals surface area contributed by atoms with Crippen molar-refractivity contribution in [2.24, 2.45) is 0 Å². The summed E-state index contributed by atoms with van der Waals surface area (Å²) < 4.78 is 7.42. The minimum Gasteiger partial charge on any atom is -0.496 e. The number of hydrogen-bond donors (Lipinski definition) is 2. The predicted molar refractivity (Wildman–Crippen MR) is 122 cm³/mol. The number of methoxy groups -OCH3 is 1. The van der Waals surface area contributed by atoms with Gasteiger partial charge in [0, 0.05) is 11.3 Å². The van der Waals surface area contributed by atoms with Crippen molar-refractivity contribution in [2.75, 3.05) is 12.4 Å². The van der Waals surface area contributed by atoms with Gasteiger partial charge in [-0.15, -0.1) is 5.10 Å². The molecule has 8 nitrogen and oxygen atoms in total. The molecule has 0 spiro atoms. The Morgan fingerprint density at radius 2 is 1.78 bits per heavy atom. The van der Waals surface area contributed by atoms with Gasteiger partial charge >= 0.3 is 0 Å². The Morgan fingerprint density at radius 3 is 2.59 bits per heavy atom. The summed E-state index contributed by atoms with van der Waals surface area (Å²) in [5.41, 5.74) is 3.92. The van der Waals surface area contributed by atoms with E-state index in [-0.39, 0.29) is 11.9 Å². The number of fused-ring (bicyclic) bond motifs is 1. The van der Waals surface area contributed by atoms with E-state index in [1.165, 1.54) is 0 Å². The topological polar surface area (TPSA) is 97.7 Å². The van der Waals surface area contributed by atoms with E-state index < -0.39 is 0 Å². The number of ether oxygens (including phenoxy) is 1. The van der Waals surface area contributed by atoms with Gasteiger partial charge in [-0.1, -0.05) is 30.3 Å². The number of rotatable bonds is 5. The third-order valence-corrected chi connectivity index (χ3v) is 5.17. The number of carbonyl (C=O) groups excluding carboxylic acids is 1. The molecule has 5 rings (SSSR count). The molecule has 3 aromatic carbocycles. The van der Waals surface area contributed by atoms with E-state index in [0.29, 0.717) is 17.1 Å². The van der Waals surface area contributed by atoms with Gasteiger partial charge in [-0.05, 0) is 49.4 Å². The summed E-state index contributed by atoms with van der Waals surface area (Å²) in [5.74, 6) is 1.88. The van der Waals surface area contributed by atoms with Crippen LogP contribution in [0.2, 0.25) is 0 Å². The smallest absolute Gasteiger partial charge is 0.258 e. The molecule has 1 amide bonds. The van der Waals surface area contributed by atoms with Crippen LogP contribution in [0.1, 0.15) is 16.2 Å². The van der Waals surface area contributed by atoms with E-state index in [4.69, 9.17) is 4.74 Å². The summed E-state index contributed by atoms with van der Waals surface area (Å²) in [6.45, 7) is 1.94. The quantitative estimate of drug-likeness (QED) is 0.436. The van der Waals surface area contributed by atoms with Gasteiger partial charge in [-0.25, -0.2) is 4.98 Å². The van der Waals surface area contributed by atoms with Crippen LogP contribution >= 0.6 is 0 Å². The third-order valence-electron chi connectivity index (χ3n) is 5.17. The van der Waals surface area contributed by atoms with Crippen molar-refractivity contribution in [1.82, 2.24) is 24.7 Å². The average Bonchev–Trinajstić information content (AvgIpc) is 3.42. The van der Waals surface area contributed by atoms with E-state index in [9.17, 15) is 4.79 Å². The van der Waals surface area contributed by atoms with E-state index in [1.807, 2.05) is 67.6 Å². The van der Waals surface area contributed by atoms with Crippen molar-refractivity contribution >= 4 is 22.9 Å². The van der Waals surface area contributed by atoms with Crippen LogP contribution in [-0.4, -0.2) is 37.7 Å². The molecule has 0 aliphatic carbocycles. The van der Waals surface area contributed by atoms with Crippen LogP contribution in [0.3, 0.4) is 0 Å². The molecule has 0 bridgehead atoms. The maximum Gasteiger partial charge on any atom is 0.258 e. The molecule has 32 heavy (non-hydrogen) atoms. The van der Waals surface area contributed by atoms with E-state index >= 15 is 0 Å². The number of benzene rings is 3. The number of aryl methyl sites for hydroxylation is 1. The Hall–Kier alpha value is -4.46. The van der Waals surface area contributed by atoms with E-state index in [0.717, 1.165) is 28.1 Å². The Kier molecular flexibility index (Phi) is 4.87. The molecule has 0 saturated carbocycles. The van der Waals surface area contributed by atoms with Gasteiger partial charge in [0.2, 0.25) is 5.95 Å². The molecule has 0 atom stereocenters. The molecule has 0 saturated heterocycles. The lowest BCUT2D eigenvalue weighted by atomic mass is 10.2. The fourth-order valence-corrected chi connectivity index (χ4v) is 3.70. The Labute approximate surface area is 183 Å². The van der Waals surface area contributed by atoms with Gasteiger partial charge in [0.05, 0.1) is 23.7 Å². The fraction of sp³-hybridized carbons (Fsp3) is 0.0833. The minimum absolute atomic E-state index is 0.182. The molecule has 0 aliphatic heterocycles. The molecule has 2 N–H and O–H groups in total. The number of nitrogens with zero attached hydrogens (tertiary/aromatic N) is 4. The van der Waals surface area contributed by atoms with Crippen LogP contribution in [0.4, 0.5) is 5.95 Å². The summed E-state index contributed by atoms with van der Waals surface area (Å²) in [6, 6.07) is 22.9. The average molecular weight is 424 g/mol. The molecule has 0 radical (unpaired) electrons. The van der Waals surface area contributed by atoms with Gasteiger partial charge in [0.15, 0.2) is 5.82 Å². The number of anilines is 1. The molecule has 0 aliphatic rings. The Morgan fingerprint density at radius 1 is 1.00 bits per heavy atom. The summed E-state index contributed by atoms with van der Waals surface area (Å²) in [7, 11) is 1.59. The van der Waals surface area contributed by atoms with Crippen LogP contribution < -0.4 is 10.1 Å². The second kappa shape index (κ2) is 7.99. The number of aromatic amines is 1. The van der Waals surface area contributed by atoms with Crippen molar-refractivity contribution in [2.45, 2.75) is 6.92 Å². The van der Waals surface area contributed by atoms with E-state index in [1.54, 1.807) is 19.2 Å². The SMILES string of the molecule is COc1ccccc1-c1nc(NC(=O)c2ccc3c(c2)nc(C)n3-c2ccccc2)n[nH]1. The maximum absolute atomic E-state index is 12.8. The standard InChI is InChI=1S/C24H20N6O2/c1-15-25-19-14-16(12-13-20(19)30(15)17-8-4-3-5-9-17)23(31)27-24-26-22(28-29-24)18-10-6-7-11-21(18)32-2/h3-14H,1-2H3,(H2,26,27,28,29,31). The molecule has 8 heteroatoms. The van der Waals surface area contributed by atoms with Crippen molar-refractivity contribution in [3.05, 3.63) is 84.2 Å². The van der Waals surface area contributed by atoms with Crippen LogP contribution in [0.15, 0.2) is 72.8 Å². The number of aromatic nitrogens is 5. The van der Waals surface area contributed by atoms with Gasteiger partial charge in [-0.3, -0.25) is 19.8 Å². The van der Waals surface area contributed by atoms with Crippen LogP contribution in [0.5, 0.6) is 5.75 Å². The first-order valence-corrected chi connectivity index (χ1v) is 10.1. The molecular weight excluding hydrogens is 404 g/mol. The van der Waals surface area contributed by atoms with Crippen LogP contribution in [0, 0.1) is 6.92 Å². The molecule has 2 aromatic heterocycles. The minimum atomic E-state index is -0.315. The summed E-state index contributed by atoms with van der Waals surface area (Å²) in [4.78, 5) is 21.8. The summed E-state index contributed by atoms with van der Waals surface area (Å²) in [5, 5.41) is 9.69. The lowest BCUT2D eigenvalue weighted by Crippen LogP contribution is -2.13. The van der Waals surface area contributed by atoms with Crippen LogP contribution in [0.25, 0.3) is 28.1 Å². The van der Waals surface area contributed by atoms with Gasteiger partial charge in [0.25, 0.3) is 5.91 Å². The van der Waals surface area contributed by atoms with Crippen molar-refractivity contribution in [1.29, 1.82) is 0 Å². The highest BCUT2D eigenvalue weighted by atomic mass is 16.5. The first-order valence-electron chi connectivity index (χ1n) is 10.1. The highest BCUT2D eigenvalue weighted by molar-refractivity contribution is 6.05. The van der Waals surface area contributed by atoms with Gasteiger partial charge in [0.1, 0.15) is 11.6 Å². The van der Waals surface area contributed by atoms with Gasteiger partial charge < -0.3 is 4.74 Å². The number of para-hydroxylation sites is 2. The zero-order valence-corrected chi connectivity index (χ0v) is 17.5. The normalized spacial score (nSPS) is 10.9. The molecule has 0 unspecified atom stereocenters. The highest BCUT2D eigenvalue weighted by Crippen LogP contribution is 2.27. The number of imidazole rings is 1. The number of amides is 1. The predicted octanol–water partition coefficient (Wildman–Crippen LogP) is 4.38. The molecular formula is C24H20N6O2. The second-order valence-electron chi connectivity index (χ2n) is 7.20. The third kappa shape index (κ3) is 3.47. The number of H-pyrrole nitrogens is 1. The Bertz CT molecular complexity index is 1420. The Balaban J connectivity index is 1.41. The summed E-state index contributed by atoms with van der Waals surface area (Å²) >= 11 is 0. The molecule has 5 aromatic rings. The monoisotopic (exact) mass is 424 g/mol. The maximum atomic E-state index is 12.8. The highest BCUT2D eigenvalue weighted by Gasteiger charge is 2.15. The zero-order chi connectivity index (χ0) is 22.1. The largest absolute Gasteiger partial charge is 0.496 e. The zero-order valence-electron chi connectivity index (χ0n) is 17.5. The van der Waals surface area contributed by atoms with Crippen molar-refractivity contribution < 1.29 is 9.53 Å². The number of nitrogens with one attached hydrogen (secondary N) is 2. The van der Waals surface area contributed by atoms with Crippen LogP contribution in [-0.2, 0) is 0 Å². The fourth-order valence-electron chi connectivity index (χ4n) is 3.70.